The summed E-state index contributed by atoms with van der Waals surface area (Å²) in [6.45, 7) is 13.3. The van der Waals surface area contributed by atoms with Crippen molar-refractivity contribution in [2.24, 2.45) is 5.92 Å². The highest BCUT2D eigenvalue weighted by Crippen LogP contribution is 2.09. The molecular formula is C14H30N2O3. The molecule has 19 heavy (non-hydrogen) atoms. The van der Waals surface area contributed by atoms with Crippen LogP contribution in [-0.4, -0.2) is 56.5 Å². The van der Waals surface area contributed by atoms with E-state index in [2.05, 4.69) is 19.2 Å². The monoisotopic (exact) mass is 274 g/mol. The molecule has 1 N–H and O–H groups in total. The molecule has 5 nitrogen and oxygen atoms in total. The van der Waals surface area contributed by atoms with E-state index in [0.717, 1.165) is 13.1 Å². The molecule has 0 aromatic heterocycles. The minimum absolute atomic E-state index is 0.282. The number of amides is 1. The Morgan fingerprint density at radius 3 is 2.37 bits per heavy atom. The maximum atomic E-state index is 12.0. The maximum absolute atomic E-state index is 12.0. The van der Waals surface area contributed by atoms with Crippen molar-refractivity contribution < 1.29 is 14.3 Å². The van der Waals surface area contributed by atoms with Gasteiger partial charge in [0.05, 0.1) is 6.61 Å². The van der Waals surface area contributed by atoms with E-state index in [0.29, 0.717) is 25.6 Å². The van der Waals surface area contributed by atoms with Crippen molar-refractivity contribution >= 4 is 6.09 Å². The zero-order chi connectivity index (χ0) is 14.9. The van der Waals surface area contributed by atoms with E-state index in [1.807, 2.05) is 20.8 Å². The van der Waals surface area contributed by atoms with Crippen molar-refractivity contribution in [3.63, 3.8) is 0 Å². The number of nitrogens with one attached hydrogen (secondary N) is 1. The van der Waals surface area contributed by atoms with Crippen molar-refractivity contribution in [1.82, 2.24) is 10.2 Å². The molecule has 0 atom stereocenters. The van der Waals surface area contributed by atoms with Crippen LogP contribution >= 0.6 is 0 Å². The van der Waals surface area contributed by atoms with Gasteiger partial charge in [-0.3, -0.25) is 0 Å². The number of rotatable bonds is 8. The van der Waals surface area contributed by atoms with Crippen LogP contribution in [0.2, 0.25) is 0 Å². The molecule has 0 saturated carbocycles. The van der Waals surface area contributed by atoms with E-state index < -0.39 is 5.60 Å². The van der Waals surface area contributed by atoms with Crippen LogP contribution in [0.3, 0.4) is 0 Å². The van der Waals surface area contributed by atoms with E-state index >= 15 is 0 Å². The molecule has 0 aromatic rings. The van der Waals surface area contributed by atoms with Gasteiger partial charge in [-0.15, -0.1) is 0 Å². The van der Waals surface area contributed by atoms with Gasteiger partial charge in [-0.2, -0.15) is 0 Å². The standard InChI is InChI=1S/C14H30N2O3/c1-12(2)11-15-7-8-16(9-10-18-6)13(17)19-14(3,4)5/h12,15H,7-11H2,1-6H3. The third-order valence-electron chi connectivity index (χ3n) is 2.33. The smallest absolute Gasteiger partial charge is 0.410 e. The lowest BCUT2D eigenvalue weighted by atomic mass is 10.2. The molecule has 0 spiro atoms. The number of hydrogen-bond donors (Lipinski definition) is 1. The molecule has 0 unspecified atom stereocenters. The lowest BCUT2D eigenvalue weighted by Gasteiger charge is -2.27. The SMILES string of the molecule is COCCN(CCNCC(C)C)C(=O)OC(C)(C)C. The summed E-state index contributed by atoms with van der Waals surface area (Å²) < 4.78 is 10.4. The van der Waals surface area contributed by atoms with Crippen LogP contribution in [0.4, 0.5) is 4.79 Å². The number of carbonyl (C=O) groups is 1. The Kier molecular flexibility index (Phi) is 8.76. The Balaban J connectivity index is 4.17. The van der Waals surface area contributed by atoms with Crippen molar-refractivity contribution in [1.29, 1.82) is 0 Å². The second-order valence-electron chi connectivity index (χ2n) is 6.06. The van der Waals surface area contributed by atoms with Gasteiger partial charge in [-0.25, -0.2) is 4.79 Å². The van der Waals surface area contributed by atoms with Crippen molar-refractivity contribution in [3.8, 4) is 0 Å². The lowest BCUT2D eigenvalue weighted by Crippen LogP contribution is -2.42. The van der Waals surface area contributed by atoms with Crippen LogP contribution in [0, 0.1) is 5.92 Å². The van der Waals surface area contributed by atoms with Crippen LogP contribution in [0.1, 0.15) is 34.6 Å². The number of carbonyl (C=O) groups excluding carboxylic acids is 1. The van der Waals surface area contributed by atoms with Gasteiger partial charge in [0.15, 0.2) is 0 Å². The zero-order valence-corrected chi connectivity index (χ0v) is 13.3. The molecule has 114 valence electrons. The predicted octanol–water partition coefficient (Wildman–Crippen LogP) is 2.12. The fraction of sp³-hybridized carbons (Fsp3) is 0.929. The number of hydrogen-bond acceptors (Lipinski definition) is 4. The van der Waals surface area contributed by atoms with E-state index in [1.165, 1.54) is 0 Å². The molecule has 5 heteroatoms. The molecule has 1 amide bonds. The van der Waals surface area contributed by atoms with Crippen molar-refractivity contribution in [2.45, 2.75) is 40.2 Å². The maximum Gasteiger partial charge on any atom is 0.410 e. The van der Waals surface area contributed by atoms with Gasteiger partial charge in [0, 0.05) is 26.7 Å². The first-order valence-electron chi connectivity index (χ1n) is 6.94. The largest absolute Gasteiger partial charge is 0.444 e. The summed E-state index contributed by atoms with van der Waals surface area (Å²) in [6.07, 6.45) is -0.282. The average molecular weight is 274 g/mol. The van der Waals surface area contributed by atoms with Crippen molar-refractivity contribution in [2.75, 3.05) is 39.9 Å². The molecular weight excluding hydrogens is 244 g/mol. The highest BCUT2D eigenvalue weighted by atomic mass is 16.6. The van der Waals surface area contributed by atoms with Crippen LogP contribution in [0.15, 0.2) is 0 Å². The molecule has 0 radical (unpaired) electrons. The second kappa shape index (κ2) is 9.15. The summed E-state index contributed by atoms with van der Waals surface area (Å²) in [5.41, 5.74) is -0.465. The van der Waals surface area contributed by atoms with Crippen LogP contribution in [-0.2, 0) is 9.47 Å². The molecule has 0 rings (SSSR count). The summed E-state index contributed by atoms with van der Waals surface area (Å²) in [6, 6.07) is 0. The first-order chi connectivity index (χ1) is 8.76. The summed E-state index contributed by atoms with van der Waals surface area (Å²) in [5, 5.41) is 3.32. The summed E-state index contributed by atoms with van der Waals surface area (Å²) >= 11 is 0. The first kappa shape index (κ1) is 18.2. The van der Waals surface area contributed by atoms with Crippen LogP contribution in [0.25, 0.3) is 0 Å². The minimum Gasteiger partial charge on any atom is -0.444 e. The zero-order valence-electron chi connectivity index (χ0n) is 13.3. The fourth-order valence-corrected chi connectivity index (χ4v) is 1.43. The van der Waals surface area contributed by atoms with Gasteiger partial charge in [0.1, 0.15) is 5.60 Å². The Bertz CT molecular complexity index is 250. The third-order valence-corrected chi connectivity index (χ3v) is 2.33. The normalized spacial score (nSPS) is 11.7. The number of methoxy groups -OCH3 is 1. The number of nitrogens with zero attached hydrogens (tertiary/aromatic N) is 1. The van der Waals surface area contributed by atoms with Crippen LogP contribution in [0.5, 0.6) is 0 Å². The predicted molar refractivity (Wildman–Crippen MR) is 77.4 cm³/mol. The summed E-state index contributed by atoms with van der Waals surface area (Å²) in [7, 11) is 1.63. The van der Waals surface area contributed by atoms with Crippen LogP contribution < -0.4 is 5.32 Å². The number of ether oxygens (including phenoxy) is 2. The molecule has 0 aromatic carbocycles. The Morgan fingerprint density at radius 1 is 1.26 bits per heavy atom. The second-order valence-corrected chi connectivity index (χ2v) is 6.06. The van der Waals surface area contributed by atoms with E-state index in [-0.39, 0.29) is 6.09 Å². The van der Waals surface area contributed by atoms with Gasteiger partial charge in [0.25, 0.3) is 0 Å². The van der Waals surface area contributed by atoms with E-state index in [4.69, 9.17) is 9.47 Å². The molecule has 0 aliphatic carbocycles. The molecule has 0 bridgehead atoms. The Labute approximate surface area is 117 Å². The first-order valence-corrected chi connectivity index (χ1v) is 6.94. The molecule has 0 aliphatic rings. The quantitative estimate of drug-likeness (QED) is 0.689. The van der Waals surface area contributed by atoms with Crippen molar-refractivity contribution in [3.05, 3.63) is 0 Å². The van der Waals surface area contributed by atoms with Gasteiger partial charge < -0.3 is 19.7 Å². The highest BCUT2D eigenvalue weighted by Gasteiger charge is 2.21. The summed E-state index contributed by atoms with van der Waals surface area (Å²) in [4.78, 5) is 13.7. The van der Waals surface area contributed by atoms with Gasteiger partial charge in [-0.05, 0) is 33.2 Å². The van der Waals surface area contributed by atoms with Gasteiger partial charge in [0.2, 0.25) is 0 Å². The summed E-state index contributed by atoms with van der Waals surface area (Å²) in [5.74, 6) is 0.606. The van der Waals surface area contributed by atoms with Gasteiger partial charge >= 0.3 is 6.09 Å². The Hall–Kier alpha value is -0.810. The molecule has 0 fully saturated rings. The Morgan fingerprint density at radius 2 is 1.89 bits per heavy atom. The third kappa shape index (κ3) is 10.8. The minimum atomic E-state index is -0.465. The van der Waals surface area contributed by atoms with E-state index in [1.54, 1.807) is 12.0 Å². The fourth-order valence-electron chi connectivity index (χ4n) is 1.43. The topological polar surface area (TPSA) is 50.8 Å². The van der Waals surface area contributed by atoms with E-state index in [9.17, 15) is 4.79 Å². The molecule has 0 saturated heterocycles. The highest BCUT2D eigenvalue weighted by molar-refractivity contribution is 5.68. The lowest BCUT2D eigenvalue weighted by molar-refractivity contribution is 0.0204. The molecule has 0 heterocycles. The molecule has 0 aliphatic heterocycles. The van der Waals surface area contributed by atoms with Gasteiger partial charge in [-0.1, -0.05) is 13.8 Å². The average Bonchev–Trinajstić information content (AvgIpc) is 2.25.